The number of hydrogen-bond donors (Lipinski definition) is 1. The van der Waals surface area contributed by atoms with Crippen LogP contribution in [0.4, 0.5) is 0 Å². The second kappa shape index (κ2) is 9.22. The molecular formula is C27H26Br2N2O2. The topological polar surface area (TPSA) is 50.7 Å². The SMILES string of the molecule is C[C@]12CCCC[C@@H]1[C@@H]2C(=O)N/N=C\c1cc(Br)c(OCc2cccc3ccccc23)c(Br)c1. The summed E-state index contributed by atoms with van der Waals surface area (Å²) in [7, 11) is 0. The third kappa shape index (κ3) is 4.47. The molecule has 6 heteroatoms. The highest BCUT2D eigenvalue weighted by Gasteiger charge is 2.64. The summed E-state index contributed by atoms with van der Waals surface area (Å²) in [4.78, 5) is 12.6. The highest BCUT2D eigenvalue weighted by molar-refractivity contribution is 9.11. The van der Waals surface area contributed by atoms with Crippen LogP contribution in [0.15, 0.2) is 68.6 Å². The van der Waals surface area contributed by atoms with E-state index < -0.39 is 0 Å². The Bertz CT molecular complexity index is 1210. The second-order valence-corrected chi connectivity index (χ2v) is 11.0. The highest BCUT2D eigenvalue weighted by atomic mass is 79.9. The summed E-state index contributed by atoms with van der Waals surface area (Å²) in [6.07, 6.45) is 6.47. The van der Waals surface area contributed by atoms with E-state index in [1.165, 1.54) is 30.0 Å². The van der Waals surface area contributed by atoms with Crippen LogP contribution in [0.25, 0.3) is 10.8 Å². The summed E-state index contributed by atoms with van der Waals surface area (Å²) in [6.45, 7) is 2.71. The minimum absolute atomic E-state index is 0.0498. The third-order valence-electron chi connectivity index (χ3n) is 7.27. The normalized spacial score (nSPS) is 24.0. The summed E-state index contributed by atoms with van der Waals surface area (Å²) < 4.78 is 7.81. The van der Waals surface area contributed by atoms with Gasteiger partial charge >= 0.3 is 0 Å². The molecule has 3 aromatic carbocycles. The van der Waals surface area contributed by atoms with E-state index in [-0.39, 0.29) is 17.2 Å². The Balaban J connectivity index is 1.23. The number of hydrazone groups is 1. The van der Waals surface area contributed by atoms with Gasteiger partial charge in [0.25, 0.3) is 0 Å². The predicted octanol–water partition coefficient (Wildman–Crippen LogP) is 7.22. The molecule has 0 spiro atoms. The average molecular weight is 570 g/mol. The first-order valence-electron chi connectivity index (χ1n) is 11.4. The van der Waals surface area contributed by atoms with E-state index in [1.807, 2.05) is 24.3 Å². The first kappa shape index (κ1) is 22.6. The minimum Gasteiger partial charge on any atom is -0.487 e. The molecule has 2 fully saturated rings. The van der Waals surface area contributed by atoms with Crippen molar-refractivity contribution in [3.05, 3.63) is 74.7 Å². The van der Waals surface area contributed by atoms with Crippen molar-refractivity contribution in [2.24, 2.45) is 22.4 Å². The van der Waals surface area contributed by atoms with Gasteiger partial charge in [0.1, 0.15) is 12.4 Å². The van der Waals surface area contributed by atoms with Crippen molar-refractivity contribution >= 4 is 54.8 Å². The van der Waals surface area contributed by atoms with E-state index in [4.69, 9.17) is 4.74 Å². The van der Waals surface area contributed by atoms with Crippen molar-refractivity contribution < 1.29 is 9.53 Å². The van der Waals surface area contributed by atoms with Crippen LogP contribution in [0.2, 0.25) is 0 Å². The first-order valence-corrected chi connectivity index (χ1v) is 13.0. The molecule has 2 aliphatic carbocycles. The van der Waals surface area contributed by atoms with E-state index in [1.54, 1.807) is 6.21 Å². The number of nitrogens with zero attached hydrogens (tertiary/aromatic N) is 1. The summed E-state index contributed by atoms with van der Waals surface area (Å²) >= 11 is 7.24. The van der Waals surface area contributed by atoms with E-state index in [0.717, 1.165) is 32.2 Å². The zero-order valence-electron chi connectivity index (χ0n) is 18.5. The maximum atomic E-state index is 12.6. The maximum absolute atomic E-state index is 12.6. The van der Waals surface area contributed by atoms with Gasteiger partial charge in [-0.2, -0.15) is 5.10 Å². The monoisotopic (exact) mass is 568 g/mol. The molecule has 170 valence electrons. The number of carbonyl (C=O) groups is 1. The number of ether oxygens (including phenoxy) is 1. The number of fused-ring (bicyclic) bond motifs is 2. The summed E-state index contributed by atoms with van der Waals surface area (Å²) in [5, 5.41) is 6.61. The van der Waals surface area contributed by atoms with Crippen LogP contribution >= 0.6 is 31.9 Å². The second-order valence-electron chi connectivity index (χ2n) is 9.31. The van der Waals surface area contributed by atoms with Gasteiger partial charge < -0.3 is 4.74 Å². The molecular weight excluding hydrogens is 544 g/mol. The molecule has 0 heterocycles. The minimum atomic E-state index is 0.0498. The Morgan fingerprint density at radius 2 is 1.91 bits per heavy atom. The van der Waals surface area contributed by atoms with Crippen LogP contribution in [0.3, 0.4) is 0 Å². The lowest BCUT2D eigenvalue weighted by molar-refractivity contribution is -0.123. The Hall–Kier alpha value is -2.18. The van der Waals surface area contributed by atoms with Crippen LogP contribution < -0.4 is 10.2 Å². The van der Waals surface area contributed by atoms with Crippen LogP contribution in [0, 0.1) is 17.3 Å². The maximum Gasteiger partial charge on any atom is 0.244 e. The van der Waals surface area contributed by atoms with Crippen molar-refractivity contribution in [1.29, 1.82) is 0 Å². The molecule has 0 saturated heterocycles. The number of halogens is 2. The Morgan fingerprint density at radius 1 is 1.15 bits per heavy atom. The molecule has 5 rings (SSSR count). The van der Waals surface area contributed by atoms with E-state index in [9.17, 15) is 4.79 Å². The van der Waals surface area contributed by atoms with Gasteiger partial charge in [0, 0.05) is 5.92 Å². The molecule has 2 saturated carbocycles. The molecule has 0 bridgehead atoms. The quantitative estimate of drug-likeness (QED) is 0.252. The molecule has 0 radical (unpaired) electrons. The molecule has 3 aromatic rings. The van der Waals surface area contributed by atoms with Gasteiger partial charge in [0.05, 0.1) is 15.2 Å². The van der Waals surface area contributed by atoms with Crippen LogP contribution in [0.1, 0.15) is 43.7 Å². The molecule has 4 nitrogen and oxygen atoms in total. The fourth-order valence-electron chi connectivity index (χ4n) is 5.45. The smallest absolute Gasteiger partial charge is 0.244 e. The highest BCUT2D eigenvalue weighted by Crippen LogP contribution is 2.66. The number of hydrogen-bond acceptors (Lipinski definition) is 3. The number of benzene rings is 3. The van der Waals surface area contributed by atoms with Crippen LogP contribution in [-0.2, 0) is 11.4 Å². The molecule has 0 unspecified atom stereocenters. The van der Waals surface area contributed by atoms with Gasteiger partial charge in [-0.05, 0) is 90.1 Å². The summed E-state index contributed by atoms with van der Waals surface area (Å²) in [5.74, 6) is 1.43. The zero-order valence-corrected chi connectivity index (χ0v) is 21.7. The standard InChI is InChI=1S/C27H26Br2N2O2/c1-27-12-5-4-11-21(27)24(27)26(32)31-30-15-17-13-22(28)25(23(29)14-17)33-16-19-9-6-8-18-7-2-3-10-20(18)19/h2-3,6-10,13-15,21,24H,4-5,11-12,16H2,1H3,(H,31,32)/b30-15-/t21-,24-,27+/m1/s1. The molecule has 1 amide bonds. The number of carbonyl (C=O) groups excluding carboxylic acids is 1. The van der Waals surface area contributed by atoms with Crippen LogP contribution in [0.5, 0.6) is 5.75 Å². The van der Waals surface area contributed by atoms with E-state index >= 15 is 0 Å². The Kier molecular flexibility index (Phi) is 6.32. The Labute approximate surface area is 211 Å². The molecule has 0 aromatic heterocycles. The van der Waals surface area contributed by atoms with E-state index in [2.05, 4.69) is 79.6 Å². The number of amides is 1. The van der Waals surface area contributed by atoms with E-state index in [0.29, 0.717) is 12.5 Å². The lowest BCUT2D eigenvalue weighted by Gasteiger charge is -2.15. The molecule has 0 aliphatic heterocycles. The average Bonchev–Trinajstić information content (AvgIpc) is 3.44. The first-order chi connectivity index (χ1) is 16.0. The fraction of sp³-hybridized carbons (Fsp3) is 0.333. The van der Waals surface area contributed by atoms with Gasteiger partial charge in [-0.25, -0.2) is 5.43 Å². The lowest BCUT2D eigenvalue weighted by atomic mass is 9.90. The molecule has 2 aliphatic rings. The van der Waals surface area contributed by atoms with Crippen molar-refractivity contribution in [3.8, 4) is 5.75 Å². The molecule has 33 heavy (non-hydrogen) atoms. The van der Waals surface area contributed by atoms with Gasteiger partial charge in [0.2, 0.25) is 5.91 Å². The van der Waals surface area contributed by atoms with Crippen molar-refractivity contribution in [2.75, 3.05) is 0 Å². The van der Waals surface area contributed by atoms with Gasteiger partial charge in [-0.3, -0.25) is 4.79 Å². The van der Waals surface area contributed by atoms with Crippen molar-refractivity contribution in [2.45, 2.75) is 39.2 Å². The van der Waals surface area contributed by atoms with Crippen LogP contribution in [-0.4, -0.2) is 12.1 Å². The summed E-state index contributed by atoms with van der Waals surface area (Å²) in [5.41, 5.74) is 4.95. The number of rotatable bonds is 6. The lowest BCUT2D eigenvalue weighted by Crippen LogP contribution is -2.22. The number of nitrogens with one attached hydrogen (secondary N) is 1. The van der Waals surface area contributed by atoms with Crippen molar-refractivity contribution in [1.82, 2.24) is 5.43 Å². The van der Waals surface area contributed by atoms with Crippen molar-refractivity contribution in [3.63, 3.8) is 0 Å². The predicted molar refractivity (Wildman–Crippen MR) is 139 cm³/mol. The van der Waals surface area contributed by atoms with Gasteiger partial charge in [-0.15, -0.1) is 0 Å². The fourth-order valence-corrected chi connectivity index (χ4v) is 6.90. The van der Waals surface area contributed by atoms with Gasteiger partial charge in [-0.1, -0.05) is 62.2 Å². The molecule has 3 atom stereocenters. The molecule has 1 N–H and O–H groups in total. The third-order valence-corrected chi connectivity index (χ3v) is 8.45. The zero-order chi connectivity index (χ0) is 23.0. The van der Waals surface area contributed by atoms with Gasteiger partial charge in [0.15, 0.2) is 0 Å². The summed E-state index contributed by atoms with van der Waals surface area (Å²) in [6, 6.07) is 18.4. The Morgan fingerprint density at radius 3 is 2.67 bits per heavy atom. The largest absolute Gasteiger partial charge is 0.487 e.